The van der Waals surface area contributed by atoms with E-state index in [2.05, 4.69) is 6.58 Å². The highest BCUT2D eigenvalue weighted by Gasteiger charge is 2.48. The van der Waals surface area contributed by atoms with Crippen LogP contribution < -0.4 is 0 Å². The molecule has 2 fully saturated rings. The van der Waals surface area contributed by atoms with Crippen LogP contribution in [0.2, 0.25) is 0 Å². The van der Waals surface area contributed by atoms with Crippen LogP contribution in [-0.4, -0.2) is 52.6 Å². The monoisotopic (exact) mass is 325 g/mol. The van der Waals surface area contributed by atoms with Crippen molar-refractivity contribution >= 4 is 6.09 Å². The third kappa shape index (κ3) is 4.95. The normalized spacial score (nSPS) is 30.9. The summed E-state index contributed by atoms with van der Waals surface area (Å²) in [6.07, 6.45) is 6.55. The van der Waals surface area contributed by atoms with Crippen LogP contribution in [0.25, 0.3) is 0 Å². The van der Waals surface area contributed by atoms with Gasteiger partial charge in [0.05, 0.1) is 30.9 Å². The summed E-state index contributed by atoms with van der Waals surface area (Å²) in [7, 11) is 0. The first-order chi connectivity index (χ1) is 10.7. The first kappa shape index (κ1) is 18.3. The number of nitrogens with zero attached hydrogens (tertiary/aromatic N) is 1. The molecule has 1 amide bonds. The van der Waals surface area contributed by atoms with Crippen LogP contribution in [0.5, 0.6) is 0 Å². The van der Waals surface area contributed by atoms with Gasteiger partial charge in [-0.3, -0.25) is 4.90 Å². The zero-order valence-electron chi connectivity index (χ0n) is 14.7. The summed E-state index contributed by atoms with van der Waals surface area (Å²) in [6, 6.07) is -0.191. The molecule has 2 aliphatic rings. The van der Waals surface area contributed by atoms with Gasteiger partial charge in [0.15, 0.2) is 0 Å². The molecule has 2 saturated heterocycles. The maximum Gasteiger partial charge on any atom is 0.410 e. The van der Waals surface area contributed by atoms with Crippen LogP contribution in [0.3, 0.4) is 0 Å². The fourth-order valence-corrected chi connectivity index (χ4v) is 3.63. The van der Waals surface area contributed by atoms with Gasteiger partial charge in [-0.2, -0.15) is 0 Å². The lowest BCUT2D eigenvalue weighted by Gasteiger charge is -2.51. The van der Waals surface area contributed by atoms with Crippen molar-refractivity contribution in [3.8, 4) is 0 Å². The molecular weight excluding hydrogens is 294 g/mol. The van der Waals surface area contributed by atoms with Gasteiger partial charge in [0.2, 0.25) is 0 Å². The average molecular weight is 325 g/mol. The lowest BCUT2D eigenvalue weighted by atomic mass is 9.78. The second kappa shape index (κ2) is 7.22. The Hall–Kier alpha value is -1.07. The van der Waals surface area contributed by atoms with Crippen LogP contribution in [0, 0.1) is 0 Å². The quantitative estimate of drug-likeness (QED) is 0.622. The summed E-state index contributed by atoms with van der Waals surface area (Å²) in [5.74, 6) is 0. The zero-order chi connectivity index (χ0) is 17.1. The Morgan fingerprint density at radius 3 is 2.48 bits per heavy atom. The van der Waals surface area contributed by atoms with Gasteiger partial charge in [0.1, 0.15) is 5.60 Å². The smallest absolute Gasteiger partial charge is 0.410 e. The summed E-state index contributed by atoms with van der Waals surface area (Å²) >= 11 is 0. The Bertz CT molecular complexity index is 415. The minimum atomic E-state index is -0.696. The van der Waals surface area contributed by atoms with Gasteiger partial charge in [-0.25, -0.2) is 4.79 Å². The molecule has 2 unspecified atom stereocenters. The van der Waals surface area contributed by atoms with Crippen molar-refractivity contribution < 1.29 is 19.4 Å². The van der Waals surface area contributed by atoms with E-state index in [1.165, 1.54) is 0 Å². The molecule has 5 nitrogen and oxygen atoms in total. The van der Waals surface area contributed by atoms with Gasteiger partial charge >= 0.3 is 6.09 Å². The van der Waals surface area contributed by atoms with Crippen molar-refractivity contribution in [3.63, 3.8) is 0 Å². The van der Waals surface area contributed by atoms with Crippen LogP contribution in [-0.2, 0) is 9.47 Å². The van der Waals surface area contributed by atoms with E-state index in [-0.39, 0.29) is 18.2 Å². The van der Waals surface area contributed by atoms with Crippen molar-refractivity contribution in [2.75, 3.05) is 13.2 Å². The van der Waals surface area contributed by atoms with Crippen molar-refractivity contribution in [1.82, 2.24) is 4.90 Å². The molecule has 2 atom stereocenters. The second-order valence-corrected chi connectivity index (χ2v) is 7.90. The number of morpholine rings is 1. The number of fused-ring (bicyclic) bond motifs is 2. The van der Waals surface area contributed by atoms with Crippen LogP contribution in [0.15, 0.2) is 12.7 Å². The maximum atomic E-state index is 12.5. The number of allylic oxidation sites excluding steroid dienone is 1. The number of carbonyl (C=O) groups is 1. The number of hydrogen-bond acceptors (Lipinski definition) is 4. The summed E-state index contributed by atoms with van der Waals surface area (Å²) in [5, 5.41) is 10.9. The topological polar surface area (TPSA) is 59.0 Å². The van der Waals surface area contributed by atoms with Crippen molar-refractivity contribution in [3.05, 3.63) is 12.7 Å². The minimum Gasteiger partial charge on any atom is -0.444 e. The van der Waals surface area contributed by atoms with Gasteiger partial charge < -0.3 is 14.6 Å². The number of ether oxygens (including phenoxy) is 2. The molecule has 0 aromatic rings. The molecule has 5 heteroatoms. The molecule has 1 N–H and O–H groups in total. The lowest BCUT2D eigenvalue weighted by Crippen LogP contribution is -2.64. The van der Waals surface area contributed by atoms with Crippen molar-refractivity contribution in [2.24, 2.45) is 0 Å². The maximum absolute atomic E-state index is 12.5. The molecule has 132 valence electrons. The summed E-state index contributed by atoms with van der Waals surface area (Å²) in [6.45, 7) is 10.3. The lowest BCUT2D eigenvalue weighted by molar-refractivity contribution is -0.140. The summed E-state index contributed by atoms with van der Waals surface area (Å²) < 4.78 is 11.1. The van der Waals surface area contributed by atoms with E-state index in [0.717, 1.165) is 25.7 Å². The molecule has 2 bridgehead atoms. The van der Waals surface area contributed by atoms with E-state index in [1.807, 2.05) is 26.8 Å². The number of hydrogen-bond donors (Lipinski definition) is 1. The molecule has 23 heavy (non-hydrogen) atoms. The Labute approximate surface area is 139 Å². The highest BCUT2D eigenvalue weighted by molar-refractivity contribution is 5.69. The Balaban J connectivity index is 1.99. The fourth-order valence-electron chi connectivity index (χ4n) is 3.63. The van der Waals surface area contributed by atoms with Crippen LogP contribution >= 0.6 is 0 Å². The standard InChI is InChI=1S/C18H31NO4/c1-5-6-7-8-9-18(21)10-14-12-22-13-15(11-18)19(14)16(20)23-17(2,3)4/h5,14-15,21H,1,6-13H2,2-4H3. The molecule has 0 radical (unpaired) electrons. The van der Waals surface area contributed by atoms with E-state index in [1.54, 1.807) is 4.90 Å². The number of unbranched alkanes of at least 4 members (excludes halogenated alkanes) is 2. The summed E-state index contributed by atoms with van der Waals surface area (Å²) in [4.78, 5) is 14.3. The molecule has 2 heterocycles. The van der Waals surface area contributed by atoms with E-state index in [0.29, 0.717) is 26.1 Å². The molecule has 0 aromatic carbocycles. The molecule has 0 aliphatic carbocycles. The van der Waals surface area contributed by atoms with Crippen LogP contribution in [0.1, 0.15) is 59.3 Å². The van der Waals surface area contributed by atoms with Gasteiger partial charge in [-0.05, 0) is 52.9 Å². The largest absolute Gasteiger partial charge is 0.444 e. The first-order valence-electron chi connectivity index (χ1n) is 8.66. The predicted molar refractivity (Wildman–Crippen MR) is 89.3 cm³/mol. The van der Waals surface area contributed by atoms with E-state index < -0.39 is 11.2 Å². The SMILES string of the molecule is C=CCCCCC1(O)CC2COCC(C1)N2C(=O)OC(C)(C)C. The van der Waals surface area contributed by atoms with E-state index >= 15 is 0 Å². The summed E-state index contributed by atoms with van der Waals surface area (Å²) in [5.41, 5.74) is -1.20. The molecule has 0 aromatic heterocycles. The van der Waals surface area contributed by atoms with Crippen molar-refractivity contribution in [2.45, 2.75) is 82.6 Å². The number of aliphatic hydroxyl groups is 1. The molecule has 0 spiro atoms. The van der Waals surface area contributed by atoms with Gasteiger partial charge in [-0.15, -0.1) is 6.58 Å². The second-order valence-electron chi connectivity index (χ2n) is 7.90. The van der Waals surface area contributed by atoms with Crippen LogP contribution in [0.4, 0.5) is 4.79 Å². The molecule has 2 aliphatic heterocycles. The molecular formula is C18H31NO4. The van der Waals surface area contributed by atoms with E-state index in [4.69, 9.17) is 9.47 Å². The number of piperidine rings is 1. The Kier molecular flexibility index (Phi) is 5.74. The number of amides is 1. The van der Waals surface area contributed by atoms with Crippen molar-refractivity contribution in [1.29, 1.82) is 0 Å². The molecule has 0 saturated carbocycles. The number of carbonyl (C=O) groups excluding carboxylic acids is 1. The third-order valence-electron chi connectivity index (χ3n) is 4.54. The predicted octanol–water partition coefficient (Wildman–Crippen LogP) is 3.26. The minimum absolute atomic E-state index is 0.0956. The Morgan fingerprint density at radius 1 is 1.35 bits per heavy atom. The number of rotatable bonds is 5. The van der Waals surface area contributed by atoms with Gasteiger partial charge in [-0.1, -0.05) is 12.5 Å². The van der Waals surface area contributed by atoms with Gasteiger partial charge in [0.25, 0.3) is 0 Å². The Morgan fingerprint density at radius 2 is 1.96 bits per heavy atom. The fraction of sp³-hybridized carbons (Fsp3) is 0.833. The third-order valence-corrected chi connectivity index (χ3v) is 4.54. The highest BCUT2D eigenvalue weighted by Crippen LogP contribution is 2.38. The van der Waals surface area contributed by atoms with Gasteiger partial charge in [0, 0.05) is 0 Å². The average Bonchev–Trinajstić information content (AvgIpc) is 2.40. The first-order valence-corrected chi connectivity index (χ1v) is 8.66. The van der Waals surface area contributed by atoms with E-state index in [9.17, 15) is 9.90 Å². The zero-order valence-corrected chi connectivity index (χ0v) is 14.7. The molecule has 2 rings (SSSR count). The highest BCUT2D eigenvalue weighted by atomic mass is 16.6.